The van der Waals surface area contributed by atoms with Gasteiger partial charge in [-0.25, -0.2) is 4.79 Å². The lowest BCUT2D eigenvalue weighted by molar-refractivity contribution is -0.131. The van der Waals surface area contributed by atoms with E-state index in [0.29, 0.717) is 12.1 Å². The first-order valence-corrected chi connectivity index (χ1v) is 5.48. The molecule has 3 nitrogen and oxygen atoms in total. The van der Waals surface area contributed by atoms with Crippen LogP contribution in [0.1, 0.15) is 25.7 Å². The van der Waals surface area contributed by atoms with Crippen LogP contribution in [0.5, 0.6) is 0 Å². The van der Waals surface area contributed by atoms with E-state index in [2.05, 4.69) is 11.9 Å². The van der Waals surface area contributed by atoms with Gasteiger partial charge in [0, 0.05) is 18.2 Å². The van der Waals surface area contributed by atoms with E-state index in [0.717, 1.165) is 12.8 Å². The third-order valence-electron chi connectivity index (χ3n) is 3.55. The first-order chi connectivity index (χ1) is 7.16. The summed E-state index contributed by atoms with van der Waals surface area (Å²) in [5.41, 5.74) is 1.40. The maximum atomic E-state index is 10.3. The van der Waals surface area contributed by atoms with E-state index in [1.54, 1.807) is 6.08 Å². The van der Waals surface area contributed by atoms with Crippen molar-refractivity contribution in [3.63, 3.8) is 0 Å². The van der Waals surface area contributed by atoms with Gasteiger partial charge >= 0.3 is 5.97 Å². The van der Waals surface area contributed by atoms with Crippen LogP contribution < -0.4 is 0 Å². The minimum atomic E-state index is -0.872. The molecule has 2 saturated heterocycles. The molecule has 2 aliphatic heterocycles. The van der Waals surface area contributed by atoms with Gasteiger partial charge in [0.15, 0.2) is 0 Å². The SMILES string of the molecule is CN1C2CCC1CC(=C/C=C/C(=O)O)C2. The predicted octanol–water partition coefficient (Wildman–Crippen LogP) is 1.81. The number of aliphatic carboxylic acids is 1. The molecule has 0 aromatic heterocycles. The zero-order valence-electron chi connectivity index (χ0n) is 9.02. The number of carboxylic acids is 1. The van der Waals surface area contributed by atoms with Crippen LogP contribution in [0.3, 0.4) is 0 Å². The van der Waals surface area contributed by atoms with Gasteiger partial charge in [0.1, 0.15) is 0 Å². The van der Waals surface area contributed by atoms with Crippen LogP contribution in [-0.2, 0) is 4.79 Å². The van der Waals surface area contributed by atoms with Gasteiger partial charge < -0.3 is 5.11 Å². The first-order valence-electron chi connectivity index (χ1n) is 5.48. The largest absolute Gasteiger partial charge is 0.478 e. The summed E-state index contributed by atoms with van der Waals surface area (Å²) in [5, 5.41) is 8.48. The molecule has 0 radical (unpaired) electrons. The van der Waals surface area contributed by atoms with Gasteiger partial charge in [-0.2, -0.15) is 0 Å². The van der Waals surface area contributed by atoms with Crippen molar-refractivity contribution in [1.82, 2.24) is 4.90 Å². The summed E-state index contributed by atoms with van der Waals surface area (Å²) in [6, 6.07) is 1.38. The van der Waals surface area contributed by atoms with Gasteiger partial charge in [-0.05, 0) is 32.7 Å². The minimum Gasteiger partial charge on any atom is -0.478 e. The molecule has 0 saturated carbocycles. The molecule has 0 spiro atoms. The van der Waals surface area contributed by atoms with Crippen LogP contribution in [0, 0.1) is 0 Å². The van der Waals surface area contributed by atoms with Crippen LogP contribution in [0.15, 0.2) is 23.8 Å². The number of hydrogen-bond donors (Lipinski definition) is 1. The lowest BCUT2D eigenvalue weighted by Crippen LogP contribution is -2.36. The Morgan fingerprint density at radius 2 is 2.00 bits per heavy atom. The van der Waals surface area contributed by atoms with Crippen molar-refractivity contribution in [2.75, 3.05) is 7.05 Å². The molecule has 1 N–H and O–H groups in total. The van der Waals surface area contributed by atoms with Crippen LogP contribution in [0.2, 0.25) is 0 Å². The molecule has 2 fully saturated rings. The van der Waals surface area contributed by atoms with E-state index in [-0.39, 0.29) is 0 Å². The molecule has 15 heavy (non-hydrogen) atoms. The van der Waals surface area contributed by atoms with Crippen molar-refractivity contribution in [2.45, 2.75) is 37.8 Å². The first kappa shape index (κ1) is 10.4. The Kier molecular flexibility index (Phi) is 2.91. The fourth-order valence-electron chi connectivity index (χ4n) is 2.67. The quantitative estimate of drug-likeness (QED) is 0.702. The van der Waals surface area contributed by atoms with Gasteiger partial charge in [-0.15, -0.1) is 0 Å². The third kappa shape index (κ3) is 2.29. The smallest absolute Gasteiger partial charge is 0.328 e. The second-order valence-electron chi connectivity index (χ2n) is 4.48. The summed E-state index contributed by atoms with van der Waals surface area (Å²) in [6.45, 7) is 0. The molecule has 0 aliphatic carbocycles. The zero-order valence-corrected chi connectivity index (χ0v) is 9.02. The summed E-state index contributed by atoms with van der Waals surface area (Å²) < 4.78 is 0. The number of hydrogen-bond acceptors (Lipinski definition) is 2. The summed E-state index contributed by atoms with van der Waals surface area (Å²) in [4.78, 5) is 12.8. The fourth-order valence-corrected chi connectivity index (χ4v) is 2.67. The summed E-state index contributed by atoms with van der Waals surface area (Å²) >= 11 is 0. The second-order valence-corrected chi connectivity index (χ2v) is 4.48. The zero-order chi connectivity index (χ0) is 10.8. The van der Waals surface area contributed by atoms with Crippen molar-refractivity contribution < 1.29 is 9.90 Å². The average molecular weight is 207 g/mol. The van der Waals surface area contributed by atoms with E-state index in [1.807, 2.05) is 6.08 Å². The topological polar surface area (TPSA) is 40.5 Å². The van der Waals surface area contributed by atoms with Crippen molar-refractivity contribution in [1.29, 1.82) is 0 Å². The summed E-state index contributed by atoms with van der Waals surface area (Å²) in [5.74, 6) is -0.872. The van der Waals surface area contributed by atoms with Crippen LogP contribution in [-0.4, -0.2) is 35.1 Å². The van der Waals surface area contributed by atoms with E-state index in [4.69, 9.17) is 5.11 Å². The van der Waals surface area contributed by atoms with Gasteiger partial charge in [0.2, 0.25) is 0 Å². The monoisotopic (exact) mass is 207 g/mol. The molecular formula is C12H17NO2. The molecule has 82 valence electrons. The summed E-state index contributed by atoms with van der Waals surface area (Å²) in [7, 11) is 2.20. The predicted molar refractivity (Wildman–Crippen MR) is 58.7 cm³/mol. The van der Waals surface area contributed by atoms with Gasteiger partial charge in [0.05, 0.1) is 0 Å². The number of allylic oxidation sites excluding steroid dienone is 2. The van der Waals surface area contributed by atoms with Crippen LogP contribution >= 0.6 is 0 Å². The Hall–Kier alpha value is -1.09. The van der Waals surface area contributed by atoms with Crippen molar-refractivity contribution in [3.8, 4) is 0 Å². The molecular weight excluding hydrogens is 190 g/mol. The van der Waals surface area contributed by atoms with Gasteiger partial charge in [0.25, 0.3) is 0 Å². The number of carboxylic acid groups (broad SMARTS) is 1. The van der Waals surface area contributed by atoms with E-state index < -0.39 is 5.97 Å². The molecule has 2 atom stereocenters. The Balaban J connectivity index is 1.99. The molecule has 3 heteroatoms. The van der Waals surface area contributed by atoms with Gasteiger partial charge in [-0.1, -0.05) is 17.7 Å². The minimum absolute atomic E-state index is 0.688. The lowest BCUT2D eigenvalue weighted by Gasteiger charge is -2.32. The molecule has 2 heterocycles. The normalized spacial score (nSPS) is 31.1. The van der Waals surface area contributed by atoms with E-state index in [1.165, 1.54) is 24.5 Å². The number of fused-ring (bicyclic) bond motifs is 2. The molecule has 2 rings (SSSR count). The molecule has 0 amide bonds. The molecule has 0 aromatic rings. The standard InChI is InChI=1S/C12H17NO2/c1-13-10-5-6-11(13)8-9(7-10)3-2-4-12(14)15/h2-4,10-11H,5-8H2,1H3,(H,14,15)/b4-2+,9-3?. The van der Waals surface area contributed by atoms with E-state index >= 15 is 0 Å². The van der Waals surface area contributed by atoms with Gasteiger partial charge in [-0.3, -0.25) is 4.90 Å². The Morgan fingerprint density at radius 3 is 2.53 bits per heavy atom. The number of carbonyl (C=O) groups is 1. The highest BCUT2D eigenvalue weighted by Gasteiger charge is 2.35. The Bertz CT molecular complexity index is 304. The van der Waals surface area contributed by atoms with Crippen molar-refractivity contribution >= 4 is 5.97 Å². The average Bonchev–Trinajstić information content (AvgIpc) is 2.42. The third-order valence-corrected chi connectivity index (χ3v) is 3.55. The van der Waals surface area contributed by atoms with E-state index in [9.17, 15) is 4.79 Å². The maximum absolute atomic E-state index is 10.3. The van der Waals surface area contributed by atoms with Crippen LogP contribution in [0.4, 0.5) is 0 Å². The van der Waals surface area contributed by atoms with Crippen molar-refractivity contribution in [3.05, 3.63) is 23.8 Å². The number of nitrogens with zero attached hydrogens (tertiary/aromatic N) is 1. The molecule has 2 unspecified atom stereocenters. The Morgan fingerprint density at radius 1 is 1.40 bits per heavy atom. The fraction of sp³-hybridized carbons (Fsp3) is 0.583. The highest BCUT2D eigenvalue weighted by molar-refractivity contribution is 5.80. The Labute approximate surface area is 90.1 Å². The second kappa shape index (κ2) is 4.19. The summed E-state index contributed by atoms with van der Waals surface area (Å²) in [6.07, 6.45) is 9.64. The number of rotatable bonds is 2. The molecule has 2 aliphatic rings. The number of piperidine rings is 1. The van der Waals surface area contributed by atoms with Crippen LogP contribution in [0.25, 0.3) is 0 Å². The highest BCUT2D eigenvalue weighted by atomic mass is 16.4. The molecule has 0 aromatic carbocycles. The molecule has 2 bridgehead atoms. The van der Waals surface area contributed by atoms with Crippen molar-refractivity contribution in [2.24, 2.45) is 0 Å². The lowest BCUT2D eigenvalue weighted by atomic mass is 9.97. The highest BCUT2D eigenvalue weighted by Crippen LogP contribution is 2.36. The maximum Gasteiger partial charge on any atom is 0.328 e.